The molecule has 128 valence electrons. The highest BCUT2D eigenvalue weighted by Gasteiger charge is 2.29. The molecule has 0 atom stereocenters. The maximum absolute atomic E-state index is 12.5. The van der Waals surface area contributed by atoms with Gasteiger partial charge in [-0.2, -0.15) is 4.31 Å². The summed E-state index contributed by atoms with van der Waals surface area (Å²) in [6, 6.07) is 9.81. The summed E-state index contributed by atoms with van der Waals surface area (Å²) < 4.78 is 31.5. The molecule has 2 aromatic rings. The number of nitrogens with one attached hydrogen (secondary N) is 2. The number of carbonyl (C=O) groups excluding carboxylic acids is 1. The van der Waals surface area contributed by atoms with E-state index < -0.39 is 16.1 Å². The molecule has 1 aliphatic rings. The minimum absolute atomic E-state index is 0.153. The normalized spacial score (nSPS) is 15.8. The summed E-state index contributed by atoms with van der Waals surface area (Å²) >= 11 is 0. The van der Waals surface area contributed by atoms with E-state index in [4.69, 9.17) is 4.42 Å². The summed E-state index contributed by atoms with van der Waals surface area (Å²) in [7, 11) is -3.64. The summed E-state index contributed by atoms with van der Waals surface area (Å²) in [5, 5.41) is 5.06. The van der Waals surface area contributed by atoms with Crippen molar-refractivity contribution in [2.45, 2.75) is 24.4 Å². The van der Waals surface area contributed by atoms with E-state index in [1.807, 2.05) is 6.07 Å². The smallest absolute Gasteiger partial charge is 0.323 e. The van der Waals surface area contributed by atoms with Gasteiger partial charge in [0.1, 0.15) is 6.26 Å². The van der Waals surface area contributed by atoms with Crippen LogP contribution in [0.15, 0.2) is 52.2 Å². The summed E-state index contributed by atoms with van der Waals surface area (Å²) in [4.78, 5) is 11.9. The van der Waals surface area contributed by atoms with Crippen LogP contribution in [0.5, 0.6) is 0 Å². The number of carbonyl (C=O) groups is 1. The van der Waals surface area contributed by atoms with Gasteiger partial charge in [0.15, 0.2) is 0 Å². The predicted molar refractivity (Wildman–Crippen MR) is 90.4 cm³/mol. The molecule has 0 unspecified atom stereocenters. The average molecular weight is 349 g/mol. The molecule has 0 bridgehead atoms. The molecule has 7 nitrogen and oxygen atoms in total. The van der Waals surface area contributed by atoms with E-state index in [0.29, 0.717) is 24.5 Å². The Bertz CT molecular complexity index is 796. The number of furan rings is 1. The summed E-state index contributed by atoms with van der Waals surface area (Å²) in [5.74, 6) is 0. The van der Waals surface area contributed by atoms with Crippen LogP contribution in [-0.4, -0.2) is 31.8 Å². The number of hydrogen-bond donors (Lipinski definition) is 2. The molecule has 1 saturated heterocycles. The average Bonchev–Trinajstić information content (AvgIpc) is 3.05. The van der Waals surface area contributed by atoms with Crippen molar-refractivity contribution in [3.63, 3.8) is 0 Å². The molecule has 8 heteroatoms. The minimum atomic E-state index is -3.64. The quantitative estimate of drug-likeness (QED) is 0.887. The molecule has 2 heterocycles. The second-order valence-corrected chi connectivity index (χ2v) is 7.43. The van der Waals surface area contributed by atoms with Crippen LogP contribution in [0.2, 0.25) is 0 Å². The van der Waals surface area contributed by atoms with E-state index in [2.05, 4.69) is 10.6 Å². The van der Waals surface area contributed by atoms with Gasteiger partial charge in [-0.15, -0.1) is 0 Å². The van der Waals surface area contributed by atoms with Crippen LogP contribution in [0.25, 0.3) is 0 Å². The van der Waals surface area contributed by atoms with Crippen LogP contribution < -0.4 is 10.6 Å². The molecule has 0 aliphatic carbocycles. The van der Waals surface area contributed by atoms with E-state index in [1.165, 1.54) is 16.6 Å². The van der Waals surface area contributed by atoms with Crippen molar-refractivity contribution >= 4 is 27.4 Å². The molecule has 0 radical (unpaired) electrons. The maximum atomic E-state index is 12.5. The second kappa shape index (κ2) is 7.06. The van der Waals surface area contributed by atoms with Gasteiger partial charge in [-0.1, -0.05) is 24.6 Å². The lowest BCUT2D eigenvalue weighted by molar-refractivity contribution is 0.262. The second-order valence-electron chi connectivity index (χ2n) is 5.56. The number of urea groups is 1. The van der Waals surface area contributed by atoms with Crippen molar-refractivity contribution in [3.05, 3.63) is 42.7 Å². The van der Waals surface area contributed by atoms with Gasteiger partial charge in [0.2, 0.25) is 5.09 Å². The number of hydrogen-bond acceptors (Lipinski definition) is 4. The molecule has 1 aromatic carbocycles. The maximum Gasteiger partial charge on any atom is 0.323 e. The largest absolute Gasteiger partial charge is 0.449 e. The highest BCUT2D eigenvalue weighted by atomic mass is 32.2. The third-order valence-corrected chi connectivity index (χ3v) is 5.54. The first-order valence-electron chi connectivity index (χ1n) is 7.77. The monoisotopic (exact) mass is 349 g/mol. The standard InChI is InChI=1S/C16H19N3O4S/c20-16(17-13-7-3-1-4-8-13)18-14-11-15(23-12-14)24(21,22)19-9-5-2-6-10-19/h1,3-4,7-8,11-12H,2,5-6,9-10H2,(H2,17,18,20). The Morgan fingerprint density at radius 3 is 2.38 bits per heavy atom. The number of nitrogens with zero attached hydrogens (tertiary/aromatic N) is 1. The zero-order valence-corrected chi connectivity index (χ0v) is 13.9. The molecule has 2 N–H and O–H groups in total. The number of anilines is 2. The summed E-state index contributed by atoms with van der Waals surface area (Å²) in [6.45, 7) is 1.00. The first-order valence-corrected chi connectivity index (χ1v) is 9.21. The van der Waals surface area contributed by atoms with Gasteiger partial charge < -0.3 is 15.1 Å². The van der Waals surface area contributed by atoms with Crippen LogP contribution in [0, 0.1) is 0 Å². The Balaban J connectivity index is 1.65. The SMILES string of the molecule is O=C(Nc1ccccc1)Nc1coc(S(=O)(=O)N2CCCCC2)c1. The lowest BCUT2D eigenvalue weighted by atomic mass is 10.2. The van der Waals surface area contributed by atoms with Crippen molar-refractivity contribution in [2.24, 2.45) is 0 Å². The van der Waals surface area contributed by atoms with Gasteiger partial charge in [-0.25, -0.2) is 13.2 Å². The highest BCUT2D eigenvalue weighted by Crippen LogP contribution is 2.24. The molecule has 3 rings (SSSR count). The first-order chi connectivity index (χ1) is 11.6. The number of piperidine rings is 1. The van der Waals surface area contributed by atoms with E-state index in [9.17, 15) is 13.2 Å². The molecular weight excluding hydrogens is 330 g/mol. The number of rotatable bonds is 4. The Labute approximate surface area is 140 Å². The first kappa shape index (κ1) is 16.5. The Morgan fingerprint density at radius 2 is 1.67 bits per heavy atom. The van der Waals surface area contributed by atoms with Gasteiger partial charge in [-0.05, 0) is 25.0 Å². The zero-order valence-electron chi connectivity index (χ0n) is 13.1. The van der Waals surface area contributed by atoms with Gasteiger partial charge >= 0.3 is 6.03 Å². The Morgan fingerprint density at radius 1 is 1.00 bits per heavy atom. The van der Waals surface area contributed by atoms with Gasteiger partial charge in [0.05, 0.1) is 5.69 Å². The van der Waals surface area contributed by atoms with Crippen LogP contribution in [0.1, 0.15) is 19.3 Å². The molecule has 24 heavy (non-hydrogen) atoms. The van der Waals surface area contributed by atoms with Crippen molar-refractivity contribution in [1.82, 2.24) is 4.31 Å². The molecule has 1 aliphatic heterocycles. The van der Waals surface area contributed by atoms with E-state index in [1.54, 1.807) is 24.3 Å². The van der Waals surface area contributed by atoms with Crippen LogP contribution in [0.4, 0.5) is 16.2 Å². The number of amides is 2. The van der Waals surface area contributed by atoms with Crippen LogP contribution >= 0.6 is 0 Å². The van der Waals surface area contributed by atoms with E-state index in [-0.39, 0.29) is 5.09 Å². The van der Waals surface area contributed by atoms with Gasteiger partial charge in [0, 0.05) is 24.8 Å². The molecular formula is C16H19N3O4S. The molecule has 1 fully saturated rings. The van der Waals surface area contributed by atoms with Crippen LogP contribution in [-0.2, 0) is 10.0 Å². The van der Waals surface area contributed by atoms with Crippen molar-refractivity contribution in [3.8, 4) is 0 Å². The molecule has 1 aromatic heterocycles. The van der Waals surface area contributed by atoms with E-state index >= 15 is 0 Å². The zero-order chi connectivity index (χ0) is 17.0. The molecule has 2 amide bonds. The van der Waals surface area contributed by atoms with Gasteiger partial charge in [-0.3, -0.25) is 0 Å². The molecule has 0 spiro atoms. The minimum Gasteiger partial charge on any atom is -0.449 e. The third kappa shape index (κ3) is 3.77. The van der Waals surface area contributed by atoms with Gasteiger partial charge in [0.25, 0.3) is 10.0 Å². The summed E-state index contributed by atoms with van der Waals surface area (Å²) in [6.07, 6.45) is 3.97. The third-order valence-electron chi connectivity index (χ3n) is 3.77. The fourth-order valence-electron chi connectivity index (χ4n) is 2.56. The topological polar surface area (TPSA) is 91.6 Å². The fourth-order valence-corrected chi connectivity index (χ4v) is 4.00. The van der Waals surface area contributed by atoms with E-state index in [0.717, 1.165) is 19.3 Å². The lowest BCUT2D eigenvalue weighted by Crippen LogP contribution is -2.35. The van der Waals surface area contributed by atoms with Crippen molar-refractivity contribution in [2.75, 3.05) is 23.7 Å². The fraction of sp³-hybridized carbons (Fsp3) is 0.312. The predicted octanol–water partition coefficient (Wildman–Crippen LogP) is 3.10. The highest BCUT2D eigenvalue weighted by molar-refractivity contribution is 7.89. The lowest BCUT2D eigenvalue weighted by Gasteiger charge is -2.24. The van der Waals surface area contributed by atoms with Crippen LogP contribution in [0.3, 0.4) is 0 Å². The number of para-hydroxylation sites is 1. The van der Waals surface area contributed by atoms with Crippen molar-refractivity contribution < 1.29 is 17.6 Å². The van der Waals surface area contributed by atoms with Crippen molar-refractivity contribution in [1.29, 1.82) is 0 Å². The Hall–Kier alpha value is -2.32. The summed E-state index contributed by atoms with van der Waals surface area (Å²) in [5.41, 5.74) is 0.929. The molecule has 0 saturated carbocycles. The number of sulfonamides is 1. The Kier molecular flexibility index (Phi) is 4.86. The number of benzene rings is 1.